The summed E-state index contributed by atoms with van der Waals surface area (Å²) < 4.78 is 11.8. The van der Waals surface area contributed by atoms with E-state index in [0.717, 1.165) is 34.1 Å². The fourth-order valence-electron chi connectivity index (χ4n) is 2.65. The Labute approximate surface area is 153 Å². The minimum absolute atomic E-state index is 0.777. The Morgan fingerprint density at radius 1 is 0.500 bits per heavy atom. The Kier molecular flexibility index (Phi) is 4.66. The Morgan fingerprint density at radius 3 is 1.73 bits per heavy atom. The highest BCUT2D eigenvalue weighted by Gasteiger charge is 2.04. The van der Waals surface area contributed by atoms with Crippen molar-refractivity contribution in [1.82, 2.24) is 0 Å². The zero-order valence-corrected chi connectivity index (χ0v) is 14.1. The van der Waals surface area contributed by atoms with Gasteiger partial charge in [-0.1, -0.05) is 54.6 Å². The van der Waals surface area contributed by atoms with Gasteiger partial charge in [0.25, 0.3) is 0 Å². The molecule has 0 saturated carbocycles. The average Bonchev–Trinajstić information content (AvgIpc) is 2.70. The molecule has 0 heterocycles. The number of hydrogen-bond donors (Lipinski definition) is 0. The van der Waals surface area contributed by atoms with Crippen LogP contribution < -0.4 is 9.47 Å². The quantitative estimate of drug-likeness (QED) is 0.401. The van der Waals surface area contributed by atoms with E-state index in [-0.39, 0.29) is 0 Å². The molecule has 0 fully saturated rings. The molecule has 4 rings (SSSR count). The van der Waals surface area contributed by atoms with Crippen LogP contribution in [0, 0.1) is 6.07 Å². The van der Waals surface area contributed by atoms with Gasteiger partial charge in [0.2, 0.25) is 0 Å². The van der Waals surface area contributed by atoms with E-state index in [2.05, 4.69) is 6.07 Å². The SMILES string of the molecule is [c]1ccc(Oc2ccccc2)cc1-c1cccc(Oc2ccccc2)c1. The molecule has 0 bridgehead atoms. The highest BCUT2D eigenvalue weighted by molar-refractivity contribution is 5.66. The van der Waals surface area contributed by atoms with Crippen molar-refractivity contribution in [3.05, 3.63) is 109 Å². The molecule has 0 saturated heterocycles. The van der Waals surface area contributed by atoms with Crippen LogP contribution in [-0.4, -0.2) is 0 Å². The van der Waals surface area contributed by atoms with Gasteiger partial charge >= 0.3 is 0 Å². The van der Waals surface area contributed by atoms with Crippen molar-refractivity contribution < 1.29 is 9.47 Å². The molecule has 0 unspecified atom stereocenters. The maximum Gasteiger partial charge on any atom is 0.128 e. The van der Waals surface area contributed by atoms with Crippen LogP contribution in [0.4, 0.5) is 0 Å². The van der Waals surface area contributed by atoms with E-state index >= 15 is 0 Å². The number of hydrogen-bond acceptors (Lipinski definition) is 2. The van der Waals surface area contributed by atoms with E-state index in [1.54, 1.807) is 0 Å². The van der Waals surface area contributed by atoms with Crippen LogP contribution in [0.3, 0.4) is 0 Å². The fourth-order valence-corrected chi connectivity index (χ4v) is 2.65. The summed E-state index contributed by atoms with van der Waals surface area (Å²) in [5.41, 5.74) is 1.98. The molecule has 0 aliphatic rings. The second-order valence-electron chi connectivity index (χ2n) is 5.80. The van der Waals surface area contributed by atoms with Crippen molar-refractivity contribution in [3.8, 4) is 34.1 Å². The van der Waals surface area contributed by atoms with Gasteiger partial charge in [-0.3, -0.25) is 0 Å². The van der Waals surface area contributed by atoms with Crippen molar-refractivity contribution in [3.63, 3.8) is 0 Å². The Morgan fingerprint density at radius 2 is 1.08 bits per heavy atom. The Bertz CT molecular complexity index is 896. The van der Waals surface area contributed by atoms with E-state index in [0.29, 0.717) is 0 Å². The molecule has 26 heavy (non-hydrogen) atoms. The summed E-state index contributed by atoms with van der Waals surface area (Å²) in [5, 5.41) is 0. The molecule has 0 aromatic heterocycles. The third-order valence-corrected chi connectivity index (χ3v) is 3.88. The summed E-state index contributed by atoms with van der Waals surface area (Å²) in [6, 6.07) is 36.5. The van der Waals surface area contributed by atoms with Crippen LogP contribution in [0.2, 0.25) is 0 Å². The second-order valence-corrected chi connectivity index (χ2v) is 5.80. The fraction of sp³-hybridized carbons (Fsp3) is 0. The standard InChI is InChI=1S/C24H17O2/c1-3-11-21(12-4-1)25-23-15-7-9-19(17-23)20-10-8-16-24(18-20)26-22-13-5-2-6-14-22/h1-9,11-18H. The molecule has 4 aromatic carbocycles. The van der Waals surface area contributed by atoms with Gasteiger partial charge in [0, 0.05) is 0 Å². The maximum atomic E-state index is 5.92. The summed E-state index contributed by atoms with van der Waals surface area (Å²) in [6.07, 6.45) is 0. The van der Waals surface area contributed by atoms with Crippen LogP contribution in [0.25, 0.3) is 11.1 Å². The minimum atomic E-state index is 0.777. The molecule has 4 aromatic rings. The number of rotatable bonds is 5. The number of ether oxygens (including phenoxy) is 2. The highest BCUT2D eigenvalue weighted by atomic mass is 16.5. The molecule has 1 radical (unpaired) electrons. The van der Waals surface area contributed by atoms with E-state index in [9.17, 15) is 0 Å². The summed E-state index contributed by atoms with van der Waals surface area (Å²) in [7, 11) is 0. The van der Waals surface area contributed by atoms with Crippen molar-refractivity contribution in [2.75, 3.05) is 0 Å². The Balaban J connectivity index is 1.57. The lowest BCUT2D eigenvalue weighted by Gasteiger charge is -2.10. The van der Waals surface area contributed by atoms with E-state index < -0.39 is 0 Å². The van der Waals surface area contributed by atoms with Gasteiger partial charge in [-0.2, -0.15) is 0 Å². The van der Waals surface area contributed by atoms with Gasteiger partial charge in [-0.15, -0.1) is 0 Å². The maximum absolute atomic E-state index is 5.92. The molecule has 2 nitrogen and oxygen atoms in total. The van der Waals surface area contributed by atoms with Crippen molar-refractivity contribution in [1.29, 1.82) is 0 Å². The zero-order chi connectivity index (χ0) is 17.6. The lowest BCUT2D eigenvalue weighted by molar-refractivity contribution is 0.482. The van der Waals surface area contributed by atoms with Crippen molar-refractivity contribution in [2.24, 2.45) is 0 Å². The van der Waals surface area contributed by atoms with Crippen LogP contribution >= 0.6 is 0 Å². The predicted molar refractivity (Wildman–Crippen MR) is 104 cm³/mol. The van der Waals surface area contributed by atoms with Gasteiger partial charge in [0.05, 0.1) is 0 Å². The third-order valence-electron chi connectivity index (χ3n) is 3.88. The van der Waals surface area contributed by atoms with Crippen LogP contribution in [0.5, 0.6) is 23.0 Å². The molecule has 125 valence electrons. The van der Waals surface area contributed by atoms with Crippen LogP contribution in [0.15, 0.2) is 103 Å². The van der Waals surface area contributed by atoms with E-state index in [1.807, 2.05) is 103 Å². The highest BCUT2D eigenvalue weighted by Crippen LogP contribution is 2.30. The topological polar surface area (TPSA) is 18.5 Å². The lowest BCUT2D eigenvalue weighted by atomic mass is 10.1. The van der Waals surface area contributed by atoms with Crippen molar-refractivity contribution in [2.45, 2.75) is 0 Å². The normalized spacial score (nSPS) is 10.3. The first-order valence-corrected chi connectivity index (χ1v) is 8.45. The van der Waals surface area contributed by atoms with Crippen LogP contribution in [0.1, 0.15) is 0 Å². The van der Waals surface area contributed by atoms with Gasteiger partial charge in [0.1, 0.15) is 23.0 Å². The molecular formula is C24H17O2. The van der Waals surface area contributed by atoms with Gasteiger partial charge < -0.3 is 9.47 Å². The molecule has 0 aliphatic heterocycles. The molecule has 0 spiro atoms. The van der Waals surface area contributed by atoms with Gasteiger partial charge in [-0.25, -0.2) is 0 Å². The molecule has 0 atom stereocenters. The van der Waals surface area contributed by atoms with Gasteiger partial charge in [-0.05, 0) is 65.7 Å². The van der Waals surface area contributed by atoms with E-state index in [4.69, 9.17) is 9.47 Å². The largest absolute Gasteiger partial charge is 0.457 e. The minimum Gasteiger partial charge on any atom is -0.457 e. The Hall–Kier alpha value is -3.52. The predicted octanol–water partition coefficient (Wildman–Crippen LogP) is 6.74. The lowest BCUT2D eigenvalue weighted by Crippen LogP contribution is -1.87. The number of para-hydroxylation sites is 2. The monoisotopic (exact) mass is 337 g/mol. The molecule has 2 heteroatoms. The summed E-state index contributed by atoms with van der Waals surface area (Å²) >= 11 is 0. The summed E-state index contributed by atoms with van der Waals surface area (Å²) in [4.78, 5) is 0. The smallest absolute Gasteiger partial charge is 0.128 e. The first-order chi connectivity index (χ1) is 12.9. The van der Waals surface area contributed by atoms with Gasteiger partial charge in [0.15, 0.2) is 0 Å². The van der Waals surface area contributed by atoms with Crippen molar-refractivity contribution >= 4 is 0 Å². The second kappa shape index (κ2) is 7.58. The molecular weight excluding hydrogens is 320 g/mol. The number of benzene rings is 4. The molecule has 0 amide bonds. The summed E-state index contributed by atoms with van der Waals surface area (Å²) in [5.74, 6) is 3.19. The first kappa shape index (κ1) is 16.0. The molecule has 0 aliphatic carbocycles. The zero-order valence-electron chi connectivity index (χ0n) is 14.1. The van der Waals surface area contributed by atoms with E-state index in [1.165, 1.54) is 0 Å². The third kappa shape index (κ3) is 3.93. The first-order valence-electron chi connectivity index (χ1n) is 8.45. The molecule has 0 N–H and O–H groups in total. The average molecular weight is 337 g/mol. The van der Waals surface area contributed by atoms with Crippen LogP contribution in [-0.2, 0) is 0 Å². The summed E-state index contributed by atoms with van der Waals surface area (Å²) in [6.45, 7) is 0.